The number of benzene rings is 1. The maximum atomic E-state index is 4.61. The van der Waals surface area contributed by atoms with Gasteiger partial charge < -0.3 is 10.2 Å². The average Bonchev–Trinajstić information content (AvgIpc) is 2.94. The number of nitrogens with one attached hydrogen (secondary N) is 1. The molecule has 2 heterocycles. The number of rotatable bonds is 7. The van der Waals surface area contributed by atoms with Crippen molar-refractivity contribution in [3.63, 3.8) is 0 Å². The van der Waals surface area contributed by atoms with Gasteiger partial charge in [-0.2, -0.15) is 5.10 Å². The molecule has 1 aromatic carbocycles. The largest absolute Gasteiger partial charge is 0.367 e. The lowest BCUT2D eigenvalue weighted by Gasteiger charge is -2.17. The molecule has 3 aromatic rings. The van der Waals surface area contributed by atoms with Crippen molar-refractivity contribution in [1.29, 1.82) is 0 Å². The van der Waals surface area contributed by atoms with Crippen LogP contribution in [0.5, 0.6) is 0 Å². The third kappa shape index (κ3) is 4.64. The second kappa shape index (κ2) is 7.90. The number of nitrogens with zero attached hydrogens (tertiary/aromatic N) is 5. The minimum absolute atomic E-state index is 0.730. The predicted octanol–water partition coefficient (Wildman–Crippen LogP) is 2.82. The minimum Gasteiger partial charge on any atom is -0.367 e. The Morgan fingerprint density at radius 1 is 1.12 bits per heavy atom. The van der Waals surface area contributed by atoms with Gasteiger partial charge in [-0.3, -0.25) is 4.98 Å². The van der Waals surface area contributed by atoms with Gasteiger partial charge in [0.05, 0.1) is 18.1 Å². The Bertz CT molecular complexity index is 812. The Labute approximate surface area is 148 Å². The monoisotopic (exact) mass is 336 g/mol. The van der Waals surface area contributed by atoms with Crippen LogP contribution in [0.15, 0.2) is 48.8 Å². The third-order valence-electron chi connectivity index (χ3n) is 3.94. The molecule has 0 saturated carbocycles. The van der Waals surface area contributed by atoms with E-state index < -0.39 is 0 Å². The standard InChI is InChI=1S/C19H24N6/c1-15-11-16(2)25(23-15)19-13-20-12-18(22-19)21-9-10-24(3)14-17-7-5-4-6-8-17/h4-8,11-13H,9-10,14H2,1-3H3,(H,21,22). The summed E-state index contributed by atoms with van der Waals surface area (Å²) in [6.45, 7) is 6.64. The van der Waals surface area contributed by atoms with E-state index in [0.717, 1.165) is 42.7 Å². The Morgan fingerprint density at radius 3 is 2.64 bits per heavy atom. The lowest BCUT2D eigenvalue weighted by molar-refractivity contribution is 0.340. The van der Waals surface area contributed by atoms with Gasteiger partial charge in [0.15, 0.2) is 5.82 Å². The summed E-state index contributed by atoms with van der Waals surface area (Å²) in [6, 6.07) is 12.5. The highest BCUT2D eigenvalue weighted by molar-refractivity contribution is 5.36. The molecule has 2 aromatic heterocycles. The normalized spacial score (nSPS) is 11.0. The van der Waals surface area contributed by atoms with E-state index in [2.05, 4.69) is 56.6 Å². The van der Waals surface area contributed by atoms with Crippen molar-refractivity contribution in [3.05, 3.63) is 65.7 Å². The molecule has 0 unspecified atom stereocenters. The van der Waals surface area contributed by atoms with Gasteiger partial charge in [-0.25, -0.2) is 9.67 Å². The van der Waals surface area contributed by atoms with E-state index in [1.54, 1.807) is 12.4 Å². The van der Waals surface area contributed by atoms with Crippen LogP contribution >= 0.6 is 0 Å². The third-order valence-corrected chi connectivity index (χ3v) is 3.94. The zero-order valence-corrected chi connectivity index (χ0v) is 15.0. The van der Waals surface area contributed by atoms with Gasteiger partial charge in [-0.1, -0.05) is 30.3 Å². The molecule has 0 aliphatic carbocycles. The molecule has 25 heavy (non-hydrogen) atoms. The molecule has 6 heteroatoms. The van der Waals surface area contributed by atoms with E-state index in [4.69, 9.17) is 0 Å². The molecule has 130 valence electrons. The topological polar surface area (TPSA) is 58.9 Å². The quantitative estimate of drug-likeness (QED) is 0.719. The molecule has 0 bridgehead atoms. The first-order valence-electron chi connectivity index (χ1n) is 8.44. The first kappa shape index (κ1) is 17.1. The molecule has 0 saturated heterocycles. The molecule has 0 spiro atoms. The molecule has 3 rings (SSSR count). The highest BCUT2D eigenvalue weighted by Gasteiger charge is 2.07. The second-order valence-electron chi connectivity index (χ2n) is 6.25. The van der Waals surface area contributed by atoms with Crippen molar-refractivity contribution in [2.45, 2.75) is 20.4 Å². The summed E-state index contributed by atoms with van der Waals surface area (Å²) in [6.07, 6.45) is 3.47. The molecular weight excluding hydrogens is 312 g/mol. The van der Waals surface area contributed by atoms with Gasteiger partial charge in [-0.15, -0.1) is 0 Å². The van der Waals surface area contributed by atoms with Gasteiger partial charge in [0, 0.05) is 25.3 Å². The predicted molar refractivity (Wildman–Crippen MR) is 99.9 cm³/mol. The highest BCUT2D eigenvalue weighted by Crippen LogP contribution is 2.11. The van der Waals surface area contributed by atoms with E-state index in [-0.39, 0.29) is 0 Å². The summed E-state index contributed by atoms with van der Waals surface area (Å²) in [5, 5.41) is 7.80. The summed E-state index contributed by atoms with van der Waals surface area (Å²) >= 11 is 0. The van der Waals surface area contributed by atoms with Crippen LogP contribution < -0.4 is 5.32 Å². The van der Waals surface area contributed by atoms with Crippen molar-refractivity contribution in [2.24, 2.45) is 0 Å². The fourth-order valence-corrected chi connectivity index (χ4v) is 2.75. The maximum Gasteiger partial charge on any atom is 0.174 e. The van der Waals surface area contributed by atoms with Gasteiger partial charge in [0.2, 0.25) is 0 Å². The fourth-order valence-electron chi connectivity index (χ4n) is 2.75. The van der Waals surface area contributed by atoms with Crippen LogP contribution in [0.25, 0.3) is 5.82 Å². The first-order valence-corrected chi connectivity index (χ1v) is 8.44. The Hall–Kier alpha value is -2.73. The number of anilines is 1. The van der Waals surface area contributed by atoms with Crippen LogP contribution in [0.4, 0.5) is 5.82 Å². The molecule has 0 radical (unpaired) electrons. The highest BCUT2D eigenvalue weighted by atomic mass is 15.3. The van der Waals surface area contributed by atoms with E-state index in [1.807, 2.05) is 30.7 Å². The van der Waals surface area contributed by atoms with E-state index in [1.165, 1.54) is 5.56 Å². The number of aryl methyl sites for hydroxylation is 2. The van der Waals surface area contributed by atoms with Crippen LogP contribution in [0.3, 0.4) is 0 Å². The summed E-state index contributed by atoms with van der Waals surface area (Å²) in [7, 11) is 2.12. The van der Waals surface area contributed by atoms with Gasteiger partial charge in [-0.05, 0) is 32.5 Å². The van der Waals surface area contributed by atoms with Crippen molar-refractivity contribution >= 4 is 5.82 Å². The van der Waals surface area contributed by atoms with Gasteiger partial charge in [0.25, 0.3) is 0 Å². The molecule has 0 aliphatic heterocycles. The summed E-state index contributed by atoms with van der Waals surface area (Å²) in [4.78, 5) is 11.2. The first-order chi connectivity index (χ1) is 12.1. The molecule has 0 fully saturated rings. The van der Waals surface area contributed by atoms with Gasteiger partial charge >= 0.3 is 0 Å². The Balaban J connectivity index is 1.55. The summed E-state index contributed by atoms with van der Waals surface area (Å²) in [5.74, 6) is 1.49. The minimum atomic E-state index is 0.730. The Kier molecular flexibility index (Phi) is 5.40. The average molecular weight is 336 g/mol. The van der Waals surface area contributed by atoms with Crippen LogP contribution in [0, 0.1) is 13.8 Å². The van der Waals surface area contributed by atoms with E-state index in [0.29, 0.717) is 0 Å². The maximum absolute atomic E-state index is 4.61. The van der Waals surface area contributed by atoms with Crippen LogP contribution in [-0.4, -0.2) is 44.8 Å². The molecular formula is C19H24N6. The van der Waals surface area contributed by atoms with Crippen molar-refractivity contribution in [1.82, 2.24) is 24.6 Å². The van der Waals surface area contributed by atoms with E-state index >= 15 is 0 Å². The molecule has 1 N–H and O–H groups in total. The number of aromatic nitrogens is 4. The molecule has 0 atom stereocenters. The zero-order chi connectivity index (χ0) is 17.6. The van der Waals surface area contributed by atoms with Crippen molar-refractivity contribution in [2.75, 3.05) is 25.5 Å². The van der Waals surface area contributed by atoms with Gasteiger partial charge in [0.1, 0.15) is 5.82 Å². The lowest BCUT2D eigenvalue weighted by atomic mass is 10.2. The summed E-state index contributed by atoms with van der Waals surface area (Å²) < 4.78 is 1.81. The zero-order valence-electron chi connectivity index (χ0n) is 15.0. The second-order valence-corrected chi connectivity index (χ2v) is 6.25. The summed E-state index contributed by atoms with van der Waals surface area (Å²) in [5.41, 5.74) is 3.34. The van der Waals surface area contributed by atoms with Crippen molar-refractivity contribution in [3.8, 4) is 5.82 Å². The number of hydrogen-bond acceptors (Lipinski definition) is 5. The van der Waals surface area contributed by atoms with Crippen molar-refractivity contribution < 1.29 is 0 Å². The number of likely N-dealkylation sites (N-methyl/N-ethyl adjacent to an activating group) is 1. The Morgan fingerprint density at radius 2 is 1.92 bits per heavy atom. The number of hydrogen-bond donors (Lipinski definition) is 1. The van der Waals surface area contributed by atoms with E-state index in [9.17, 15) is 0 Å². The fraction of sp³-hybridized carbons (Fsp3) is 0.316. The van der Waals surface area contributed by atoms with Crippen LogP contribution in [0.2, 0.25) is 0 Å². The molecule has 0 aliphatic rings. The van der Waals surface area contributed by atoms with Crippen LogP contribution in [-0.2, 0) is 6.54 Å². The molecule has 6 nitrogen and oxygen atoms in total. The lowest BCUT2D eigenvalue weighted by Crippen LogP contribution is -2.25. The SMILES string of the molecule is Cc1cc(C)n(-c2cncc(NCCN(C)Cc3ccccc3)n2)n1. The smallest absolute Gasteiger partial charge is 0.174 e. The van der Waals surface area contributed by atoms with Crippen LogP contribution in [0.1, 0.15) is 17.0 Å². The molecule has 0 amide bonds.